The lowest BCUT2D eigenvalue weighted by Crippen LogP contribution is -2.54. The van der Waals surface area contributed by atoms with Gasteiger partial charge in [0, 0.05) is 6.42 Å². The largest absolute Gasteiger partial charge is 0.393 e. The third-order valence-corrected chi connectivity index (χ3v) is 11.9. The number of aliphatic hydroxyl groups excluding tert-OH is 1. The fourth-order valence-electron chi connectivity index (χ4n) is 10.1. The van der Waals surface area contributed by atoms with Crippen LogP contribution in [0, 0.1) is 53.3 Å². The predicted molar refractivity (Wildman–Crippen MR) is 140 cm³/mol. The van der Waals surface area contributed by atoms with Crippen molar-refractivity contribution >= 4 is 11.0 Å². The average molecular weight is 463 g/mol. The monoisotopic (exact) mass is 462 g/mol. The number of aryl methyl sites for hydroxylation is 2. The lowest BCUT2D eigenvalue weighted by atomic mass is 9.44. The van der Waals surface area contributed by atoms with E-state index in [9.17, 15) is 5.11 Å². The quantitative estimate of drug-likeness (QED) is 0.495. The van der Waals surface area contributed by atoms with Crippen LogP contribution in [-0.2, 0) is 6.42 Å². The first-order chi connectivity index (χ1) is 16.3. The molecule has 0 radical (unpaired) electrons. The van der Waals surface area contributed by atoms with Crippen molar-refractivity contribution in [2.75, 3.05) is 0 Å². The van der Waals surface area contributed by atoms with Gasteiger partial charge >= 0.3 is 0 Å². The summed E-state index contributed by atoms with van der Waals surface area (Å²) in [5.74, 6) is 6.34. The van der Waals surface area contributed by atoms with E-state index in [1.54, 1.807) is 0 Å². The van der Waals surface area contributed by atoms with Crippen molar-refractivity contribution in [3.05, 3.63) is 29.6 Å². The fourth-order valence-corrected chi connectivity index (χ4v) is 10.1. The van der Waals surface area contributed by atoms with Crippen LogP contribution in [0.3, 0.4) is 0 Å². The number of aromatic amines is 1. The second-order valence-electron chi connectivity index (χ2n) is 13.5. The number of hydrogen-bond acceptors (Lipinski definition) is 2. The standard InChI is InChI=1S/C31H46N2O/c1-19-5-11-27-28(17-19)33-29(32-27)12-6-20(2)24-9-10-25-23-8-7-21-18-22(34)13-15-30(21,3)26(23)14-16-31(24,25)4/h5,11,17,20-26,34H,6-10,12-16,18H2,1-4H3,(H,32,33)/t20-,21+,22+,23-,24-,25+,26-,30-,31+/m0/s1. The molecule has 1 aromatic carbocycles. The van der Waals surface area contributed by atoms with Crippen molar-refractivity contribution in [2.45, 2.75) is 104 Å². The van der Waals surface area contributed by atoms with Gasteiger partial charge in [-0.25, -0.2) is 4.98 Å². The maximum Gasteiger partial charge on any atom is 0.107 e. The summed E-state index contributed by atoms with van der Waals surface area (Å²) in [6.45, 7) is 9.99. The molecule has 3 nitrogen and oxygen atoms in total. The second kappa shape index (κ2) is 8.36. The molecule has 0 saturated heterocycles. The third kappa shape index (κ3) is 3.59. The average Bonchev–Trinajstić information content (AvgIpc) is 3.37. The van der Waals surface area contributed by atoms with Gasteiger partial charge in [0.1, 0.15) is 5.82 Å². The molecule has 1 heterocycles. The molecule has 6 rings (SSSR count). The highest BCUT2D eigenvalue weighted by molar-refractivity contribution is 5.75. The Balaban J connectivity index is 1.15. The van der Waals surface area contributed by atoms with Gasteiger partial charge < -0.3 is 10.1 Å². The van der Waals surface area contributed by atoms with Gasteiger partial charge in [-0.1, -0.05) is 26.8 Å². The second-order valence-corrected chi connectivity index (χ2v) is 13.5. The predicted octanol–water partition coefficient (Wildman–Crippen LogP) is 7.46. The summed E-state index contributed by atoms with van der Waals surface area (Å²) in [5, 5.41) is 10.3. The van der Waals surface area contributed by atoms with Crippen molar-refractivity contribution in [3.63, 3.8) is 0 Å². The van der Waals surface area contributed by atoms with Crippen LogP contribution < -0.4 is 0 Å². The maximum atomic E-state index is 10.3. The minimum absolute atomic E-state index is 0.0315. The molecule has 1 aromatic heterocycles. The maximum absolute atomic E-state index is 10.3. The molecule has 4 fully saturated rings. The summed E-state index contributed by atoms with van der Waals surface area (Å²) in [7, 11) is 0. The molecular weight excluding hydrogens is 416 g/mol. The van der Waals surface area contributed by atoms with Crippen LogP contribution in [0.2, 0.25) is 0 Å². The zero-order chi connectivity index (χ0) is 23.7. The Kier molecular flexibility index (Phi) is 5.67. The lowest BCUT2D eigenvalue weighted by Gasteiger charge is -2.61. The van der Waals surface area contributed by atoms with Gasteiger partial charge in [-0.2, -0.15) is 0 Å². The van der Waals surface area contributed by atoms with Crippen molar-refractivity contribution in [3.8, 4) is 0 Å². The molecule has 2 aromatic rings. The van der Waals surface area contributed by atoms with Gasteiger partial charge in [0.15, 0.2) is 0 Å². The van der Waals surface area contributed by atoms with Crippen molar-refractivity contribution in [1.29, 1.82) is 0 Å². The van der Waals surface area contributed by atoms with Crippen LogP contribution >= 0.6 is 0 Å². The van der Waals surface area contributed by atoms with Crippen LogP contribution in [0.5, 0.6) is 0 Å². The van der Waals surface area contributed by atoms with Crippen LogP contribution in [0.25, 0.3) is 11.0 Å². The number of nitrogens with one attached hydrogen (secondary N) is 1. The Labute approximate surface area is 206 Å². The van der Waals surface area contributed by atoms with Gasteiger partial charge in [0.2, 0.25) is 0 Å². The van der Waals surface area contributed by atoms with Gasteiger partial charge in [-0.3, -0.25) is 0 Å². The zero-order valence-corrected chi connectivity index (χ0v) is 21.9. The van der Waals surface area contributed by atoms with Crippen LogP contribution in [0.15, 0.2) is 18.2 Å². The summed E-state index contributed by atoms with van der Waals surface area (Å²) in [5.41, 5.74) is 4.62. The van der Waals surface area contributed by atoms with Crippen molar-refractivity contribution < 1.29 is 5.11 Å². The Hall–Kier alpha value is -1.35. The van der Waals surface area contributed by atoms with Crippen molar-refractivity contribution in [1.82, 2.24) is 9.97 Å². The highest BCUT2D eigenvalue weighted by Gasteiger charge is 2.60. The first kappa shape index (κ1) is 23.1. The van der Waals surface area contributed by atoms with E-state index in [1.165, 1.54) is 68.3 Å². The van der Waals surface area contributed by atoms with E-state index in [-0.39, 0.29) is 6.10 Å². The molecule has 4 aliphatic carbocycles. The Morgan fingerprint density at radius 3 is 2.68 bits per heavy atom. The Morgan fingerprint density at radius 2 is 1.82 bits per heavy atom. The van der Waals surface area contributed by atoms with Crippen LogP contribution in [0.1, 0.15) is 96.4 Å². The first-order valence-corrected chi connectivity index (χ1v) is 14.4. The summed E-state index contributed by atoms with van der Waals surface area (Å²) in [4.78, 5) is 8.47. The number of nitrogens with zero attached hydrogens (tertiary/aromatic N) is 1. The number of H-pyrrole nitrogens is 1. The molecule has 0 spiro atoms. The minimum Gasteiger partial charge on any atom is -0.393 e. The summed E-state index contributed by atoms with van der Waals surface area (Å²) in [6, 6.07) is 6.53. The number of aromatic nitrogens is 2. The highest BCUT2D eigenvalue weighted by atomic mass is 16.3. The smallest absolute Gasteiger partial charge is 0.107 e. The molecule has 34 heavy (non-hydrogen) atoms. The van der Waals surface area contributed by atoms with E-state index in [0.717, 1.165) is 60.3 Å². The van der Waals surface area contributed by atoms with E-state index in [0.29, 0.717) is 10.8 Å². The summed E-state index contributed by atoms with van der Waals surface area (Å²) >= 11 is 0. The first-order valence-electron chi connectivity index (χ1n) is 14.4. The van der Waals surface area contributed by atoms with E-state index < -0.39 is 0 Å². The van der Waals surface area contributed by atoms with E-state index in [4.69, 9.17) is 4.98 Å². The normalized spacial score (nSPS) is 42.7. The number of imidazole rings is 1. The third-order valence-electron chi connectivity index (χ3n) is 11.9. The number of rotatable bonds is 4. The molecule has 3 heteroatoms. The van der Waals surface area contributed by atoms with Gasteiger partial charge in [-0.05, 0) is 135 Å². The molecule has 2 N–H and O–H groups in total. The Morgan fingerprint density at radius 1 is 1.03 bits per heavy atom. The van der Waals surface area contributed by atoms with E-state index in [2.05, 4.69) is 50.9 Å². The minimum atomic E-state index is -0.0315. The number of fused-ring (bicyclic) bond motifs is 6. The molecule has 9 atom stereocenters. The molecule has 0 aliphatic heterocycles. The zero-order valence-electron chi connectivity index (χ0n) is 21.9. The number of aliphatic hydroxyl groups is 1. The lowest BCUT2D eigenvalue weighted by molar-refractivity contribution is -0.129. The SMILES string of the molecule is Cc1ccc2nc(CC[C@H](C)[C@@H]3CC[C@@H]4[C@@H]5CC[C@@H]6C[C@H](O)CC[C@]6(C)[C@H]5CC[C@@]43C)[nH]c2c1. The number of benzene rings is 1. The summed E-state index contributed by atoms with van der Waals surface area (Å²) < 4.78 is 0. The van der Waals surface area contributed by atoms with Crippen LogP contribution in [0.4, 0.5) is 0 Å². The topological polar surface area (TPSA) is 48.9 Å². The summed E-state index contributed by atoms with van der Waals surface area (Å²) in [6.07, 6.45) is 14.2. The van der Waals surface area contributed by atoms with Crippen LogP contribution in [-0.4, -0.2) is 21.2 Å². The van der Waals surface area contributed by atoms with E-state index >= 15 is 0 Å². The molecule has 0 unspecified atom stereocenters. The van der Waals surface area contributed by atoms with Gasteiger partial charge in [-0.15, -0.1) is 0 Å². The molecule has 0 bridgehead atoms. The highest BCUT2D eigenvalue weighted by Crippen LogP contribution is 2.68. The molecule has 0 amide bonds. The number of hydrogen-bond donors (Lipinski definition) is 2. The molecule has 4 aliphatic rings. The molecule has 4 saturated carbocycles. The van der Waals surface area contributed by atoms with E-state index in [1.807, 2.05) is 0 Å². The molecule has 186 valence electrons. The fraction of sp³-hybridized carbons (Fsp3) is 0.774. The van der Waals surface area contributed by atoms with Crippen molar-refractivity contribution in [2.24, 2.45) is 46.3 Å². The van der Waals surface area contributed by atoms with Gasteiger partial charge in [0.05, 0.1) is 17.1 Å². The molecular formula is C31H46N2O. The van der Waals surface area contributed by atoms with Gasteiger partial charge in [0.25, 0.3) is 0 Å². The Bertz CT molecular complexity index is 1040.